The third-order valence-electron chi connectivity index (χ3n) is 5.58. The number of carbonyl (C=O) groups excluding carboxylic acids is 2. The first-order chi connectivity index (χ1) is 16.3. The molecule has 0 bridgehead atoms. The highest BCUT2D eigenvalue weighted by atomic mass is 32.1. The van der Waals surface area contributed by atoms with Crippen LogP contribution >= 0.6 is 11.3 Å². The summed E-state index contributed by atoms with van der Waals surface area (Å²) in [5.74, 6) is -0.827. The van der Waals surface area contributed by atoms with Gasteiger partial charge in [-0.3, -0.25) is 18.8 Å². The molecule has 1 unspecified atom stereocenters. The number of nitrogens with one attached hydrogen (secondary N) is 1. The minimum atomic E-state index is -0.833. The average Bonchev–Trinajstić information content (AvgIpc) is 3.41. The molecule has 1 N–H and O–H groups in total. The Morgan fingerprint density at radius 3 is 2.62 bits per heavy atom. The van der Waals surface area contributed by atoms with Crippen molar-refractivity contribution in [1.29, 1.82) is 0 Å². The number of amides is 1. The molecule has 3 aromatic heterocycles. The van der Waals surface area contributed by atoms with E-state index in [9.17, 15) is 14.4 Å². The van der Waals surface area contributed by atoms with Crippen molar-refractivity contribution in [2.75, 3.05) is 11.9 Å². The third-order valence-corrected chi connectivity index (χ3v) is 6.47. The maximum Gasteiger partial charge on any atom is 0.343 e. The lowest BCUT2D eigenvalue weighted by molar-refractivity contribution is -0.119. The lowest BCUT2D eigenvalue weighted by atomic mass is 10.0. The van der Waals surface area contributed by atoms with Crippen LogP contribution in [-0.4, -0.2) is 37.8 Å². The molecule has 0 aliphatic rings. The van der Waals surface area contributed by atoms with Crippen molar-refractivity contribution in [2.24, 2.45) is 7.05 Å². The van der Waals surface area contributed by atoms with E-state index in [0.29, 0.717) is 16.6 Å². The molecule has 3 heterocycles. The van der Waals surface area contributed by atoms with Gasteiger partial charge >= 0.3 is 5.97 Å². The lowest BCUT2D eigenvalue weighted by Gasteiger charge is -2.18. The van der Waals surface area contributed by atoms with Crippen LogP contribution in [0.4, 0.5) is 5.82 Å². The van der Waals surface area contributed by atoms with Gasteiger partial charge in [0.2, 0.25) is 5.91 Å². The molecule has 0 aliphatic heterocycles. The van der Waals surface area contributed by atoms with Crippen LogP contribution in [0.25, 0.3) is 21.3 Å². The number of fused-ring (bicyclic) bond motifs is 1. The lowest BCUT2D eigenvalue weighted by Crippen LogP contribution is -2.34. The summed E-state index contributed by atoms with van der Waals surface area (Å²) >= 11 is 1.39. The quantitative estimate of drug-likeness (QED) is 0.402. The van der Waals surface area contributed by atoms with E-state index in [-0.39, 0.29) is 23.5 Å². The number of rotatable bonds is 7. The monoisotopic (exact) mass is 479 g/mol. The summed E-state index contributed by atoms with van der Waals surface area (Å²) in [7, 11) is 1.61. The van der Waals surface area contributed by atoms with Crippen LogP contribution in [-0.2, 0) is 16.6 Å². The van der Waals surface area contributed by atoms with Crippen molar-refractivity contribution in [2.45, 2.75) is 33.2 Å². The molecule has 0 spiro atoms. The zero-order valence-corrected chi connectivity index (χ0v) is 20.2. The fraction of sp³-hybridized carbons (Fsp3) is 0.292. The van der Waals surface area contributed by atoms with Gasteiger partial charge < -0.3 is 10.1 Å². The molecule has 0 saturated carbocycles. The fourth-order valence-corrected chi connectivity index (χ4v) is 4.67. The molecule has 1 atom stereocenters. The topological polar surface area (TPSA) is 108 Å². The van der Waals surface area contributed by atoms with Gasteiger partial charge in [-0.1, -0.05) is 36.8 Å². The van der Waals surface area contributed by atoms with Crippen molar-refractivity contribution in [3.05, 3.63) is 63.7 Å². The third kappa shape index (κ3) is 4.24. The highest BCUT2D eigenvalue weighted by Crippen LogP contribution is 2.31. The highest BCUT2D eigenvalue weighted by molar-refractivity contribution is 7.17. The maximum atomic E-state index is 13.5. The van der Waals surface area contributed by atoms with E-state index >= 15 is 0 Å². The minimum absolute atomic E-state index is 0.146. The molecule has 9 nitrogen and oxygen atoms in total. The Balaban J connectivity index is 1.72. The molecular weight excluding hydrogens is 454 g/mol. The second-order valence-electron chi connectivity index (χ2n) is 7.82. The van der Waals surface area contributed by atoms with E-state index in [1.165, 1.54) is 33.1 Å². The first-order valence-corrected chi connectivity index (χ1v) is 11.8. The minimum Gasteiger partial charge on any atom is -0.462 e. The summed E-state index contributed by atoms with van der Waals surface area (Å²) in [6.45, 7) is 5.71. The Bertz CT molecular complexity index is 1420. The molecule has 4 rings (SSSR count). The van der Waals surface area contributed by atoms with Gasteiger partial charge in [0.1, 0.15) is 22.3 Å². The van der Waals surface area contributed by atoms with E-state index in [2.05, 4.69) is 15.4 Å². The molecule has 1 amide bonds. The van der Waals surface area contributed by atoms with Crippen LogP contribution in [0.1, 0.15) is 42.2 Å². The van der Waals surface area contributed by atoms with Crippen LogP contribution < -0.4 is 10.9 Å². The van der Waals surface area contributed by atoms with E-state index in [1.54, 1.807) is 14.0 Å². The first kappa shape index (κ1) is 23.4. The number of aryl methyl sites for hydroxylation is 2. The Morgan fingerprint density at radius 1 is 1.21 bits per heavy atom. The average molecular weight is 480 g/mol. The molecule has 176 valence electrons. The second kappa shape index (κ2) is 9.60. The molecule has 1 aromatic carbocycles. The maximum absolute atomic E-state index is 13.5. The molecule has 0 fully saturated rings. The van der Waals surface area contributed by atoms with Crippen molar-refractivity contribution < 1.29 is 14.3 Å². The smallest absolute Gasteiger partial charge is 0.343 e. The zero-order valence-electron chi connectivity index (χ0n) is 19.4. The van der Waals surface area contributed by atoms with Crippen LogP contribution in [0, 0.1) is 6.92 Å². The Morgan fingerprint density at radius 2 is 1.94 bits per heavy atom. The number of benzene rings is 1. The Labute approximate surface area is 200 Å². The Hall–Kier alpha value is -3.79. The summed E-state index contributed by atoms with van der Waals surface area (Å²) in [5.41, 5.74) is 2.68. The van der Waals surface area contributed by atoms with Crippen LogP contribution in [0.15, 0.2) is 47.0 Å². The number of thiophene rings is 1. The summed E-state index contributed by atoms with van der Waals surface area (Å²) in [4.78, 5) is 44.1. The van der Waals surface area contributed by atoms with Gasteiger partial charge in [0.05, 0.1) is 24.5 Å². The van der Waals surface area contributed by atoms with Gasteiger partial charge in [-0.2, -0.15) is 5.10 Å². The predicted octanol–water partition coefficient (Wildman–Crippen LogP) is 3.93. The highest BCUT2D eigenvalue weighted by Gasteiger charge is 2.26. The summed E-state index contributed by atoms with van der Waals surface area (Å²) in [6.07, 6.45) is 3.09. The van der Waals surface area contributed by atoms with E-state index in [0.717, 1.165) is 16.7 Å². The molecule has 0 aliphatic carbocycles. The standard InChI is InChI=1S/C24H25N5O4S/c1-5-18(21(30)27-20-16(11-26-28(20)4)24(32)33-6-2)29-13-25-22-19(23(29)31)17(12-34-22)15-9-7-14(3)8-10-15/h7-13,18H,5-6H2,1-4H3,(H,27,30). The summed E-state index contributed by atoms with van der Waals surface area (Å²) in [6, 6.07) is 7.09. The number of hydrogen-bond donors (Lipinski definition) is 1. The van der Waals surface area contributed by atoms with E-state index in [1.807, 2.05) is 43.5 Å². The number of aromatic nitrogens is 4. The predicted molar refractivity (Wildman–Crippen MR) is 131 cm³/mol. The number of nitrogens with zero attached hydrogens (tertiary/aromatic N) is 4. The van der Waals surface area contributed by atoms with Crippen LogP contribution in [0.5, 0.6) is 0 Å². The fourth-order valence-electron chi connectivity index (χ4n) is 3.77. The SMILES string of the molecule is CCOC(=O)c1cnn(C)c1NC(=O)C(CC)n1cnc2scc(-c3ccc(C)cc3)c2c1=O. The van der Waals surface area contributed by atoms with Crippen LogP contribution in [0.2, 0.25) is 0 Å². The van der Waals surface area contributed by atoms with Crippen molar-refractivity contribution in [3.8, 4) is 11.1 Å². The first-order valence-electron chi connectivity index (χ1n) is 10.9. The van der Waals surface area contributed by atoms with Gasteiger partial charge in [-0.15, -0.1) is 11.3 Å². The number of hydrogen-bond acceptors (Lipinski definition) is 7. The van der Waals surface area contributed by atoms with Gasteiger partial charge in [-0.05, 0) is 25.8 Å². The normalized spacial score (nSPS) is 12.0. The van der Waals surface area contributed by atoms with Crippen molar-refractivity contribution in [3.63, 3.8) is 0 Å². The van der Waals surface area contributed by atoms with E-state index < -0.39 is 17.9 Å². The van der Waals surface area contributed by atoms with Crippen LogP contribution in [0.3, 0.4) is 0 Å². The summed E-state index contributed by atoms with van der Waals surface area (Å²) in [5, 5.41) is 9.20. The van der Waals surface area contributed by atoms with Gasteiger partial charge in [0.25, 0.3) is 5.56 Å². The number of anilines is 1. The summed E-state index contributed by atoms with van der Waals surface area (Å²) < 4.78 is 7.78. The van der Waals surface area contributed by atoms with Crippen molar-refractivity contribution in [1.82, 2.24) is 19.3 Å². The van der Waals surface area contributed by atoms with Gasteiger partial charge in [0, 0.05) is 18.0 Å². The number of esters is 1. The van der Waals surface area contributed by atoms with Crippen molar-refractivity contribution >= 4 is 39.2 Å². The largest absolute Gasteiger partial charge is 0.462 e. The van der Waals surface area contributed by atoms with E-state index in [4.69, 9.17) is 4.74 Å². The van der Waals surface area contributed by atoms with Gasteiger partial charge in [-0.25, -0.2) is 9.78 Å². The second-order valence-corrected chi connectivity index (χ2v) is 8.67. The number of carbonyl (C=O) groups is 2. The molecule has 4 aromatic rings. The zero-order chi connectivity index (χ0) is 24.4. The molecule has 10 heteroatoms. The molecular formula is C24H25N5O4S. The molecule has 34 heavy (non-hydrogen) atoms. The molecule has 0 radical (unpaired) electrons. The van der Waals surface area contributed by atoms with Gasteiger partial charge in [0.15, 0.2) is 0 Å². The Kier molecular flexibility index (Phi) is 6.60. The molecule has 0 saturated heterocycles. The number of ether oxygens (including phenoxy) is 1.